The van der Waals surface area contributed by atoms with Crippen molar-refractivity contribution >= 4 is 5.91 Å². The van der Waals surface area contributed by atoms with E-state index in [0.717, 1.165) is 31.9 Å². The Hall–Kier alpha value is -2.14. The molecule has 0 saturated carbocycles. The van der Waals surface area contributed by atoms with Crippen LogP contribution in [0.5, 0.6) is 0 Å². The van der Waals surface area contributed by atoms with E-state index >= 15 is 0 Å². The molecule has 2 heterocycles. The predicted octanol–water partition coefficient (Wildman–Crippen LogP) is 3.34. The fraction of sp³-hybridized carbons (Fsp3) is 0.524. The van der Waals surface area contributed by atoms with Gasteiger partial charge < -0.3 is 5.32 Å². The lowest BCUT2D eigenvalue weighted by Crippen LogP contribution is -2.40. The SMILES string of the molecule is CC(=O)NC[C@@H]1CCCN(Cc2cn(-c3ccccc3)nc2C(C)C)C1. The molecule has 0 radical (unpaired) electrons. The Balaban J connectivity index is 1.72. The average molecular weight is 354 g/mol. The van der Waals surface area contributed by atoms with Gasteiger partial charge in [0.05, 0.1) is 11.4 Å². The second-order valence-electron chi connectivity index (χ2n) is 7.65. The van der Waals surface area contributed by atoms with Crippen molar-refractivity contribution in [1.82, 2.24) is 20.0 Å². The number of likely N-dealkylation sites (tertiary alicyclic amines) is 1. The topological polar surface area (TPSA) is 50.2 Å². The largest absolute Gasteiger partial charge is 0.356 e. The lowest BCUT2D eigenvalue weighted by Gasteiger charge is -2.32. The number of rotatable bonds is 6. The Morgan fingerprint density at radius 1 is 1.31 bits per heavy atom. The normalized spacial score (nSPS) is 18.2. The number of nitrogens with one attached hydrogen (secondary N) is 1. The molecule has 5 heteroatoms. The summed E-state index contributed by atoms with van der Waals surface area (Å²) in [7, 11) is 0. The van der Waals surface area contributed by atoms with Crippen molar-refractivity contribution in [1.29, 1.82) is 0 Å². The molecule has 140 valence electrons. The van der Waals surface area contributed by atoms with Crippen molar-refractivity contribution < 1.29 is 4.79 Å². The first-order chi connectivity index (χ1) is 12.5. The van der Waals surface area contributed by atoms with Crippen molar-refractivity contribution in [3.8, 4) is 5.69 Å². The first-order valence-electron chi connectivity index (χ1n) is 9.63. The Morgan fingerprint density at radius 3 is 2.77 bits per heavy atom. The summed E-state index contributed by atoms with van der Waals surface area (Å²) in [5, 5.41) is 7.83. The number of piperidine rings is 1. The summed E-state index contributed by atoms with van der Waals surface area (Å²) in [6.45, 7) is 9.86. The number of hydrogen-bond donors (Lipinski definition) is 1. The maximum Gasteiger partial charge on any atom is 0.216 e. The standard InChI is InChI=1S/C21H30N4O/c1-16(2)21-19(15-25(23-21)20-9-5-4-6-10-20)14-24-11-7-8-18(13-24)12-22-17(3)26/h4-6,9-10,15-16,18H,7-8,11-14H2,1-3H3,(H,22,26)/t18-/m0/s1. The van der Waals surface area contributed by atoms with Gasteiger partial charge in [-0.05, 0) is 43.4 Å². The van der Waals surface area contributed by atoms with Crippen LogP contribution in [-0.2, 0) is 11.3 Å². The molecule has 0 spiro atoms. The number of para-hydroxylation sites is 1. The second-order valence-corrected chi connectivity index (χ2v) is 7.65. The van der Waals surface area contributed by atoms with Crippen LogP contribution in [0.15, 0.2) is 36.5 Å². The summed E-state index contributed by atoms with van der Waals surface area (Å²) < 4.78 is 2.00. The molecule has 1 aromatic heterocycles. The van der Waals surface area contributed by atoms with Crippen LogP contribution in [0.1, 0.15) is 50.8 Å². The monoisotopic (exact) mass is 354 g/mol. The first-order valence-corrected chi connectivity index (χ1v) is 9.63. The highest BCUT2D eigenvalue weighted by Gasteiger charge is 2.22. The molecule has 0 bridgehead atoms. The number of aromatic nitrogens is 2. The van der Waals surface area contributed by atoms with Gasteiger partial charge in [0.15, 0.2) is 0 Å². The van der Waals surface area contributed by atoms with Gasteiger partial charge in [0.2, 0.25) is 5.91 Å². The van der Waals surface area contributed by atoms with Crippen molar-refractivity contribution in [2.45, 2.75) is 46.1 Å². The van der Waals surface area contributed by atoms with Crippen LogP contribution in [0.3, 0.4) is 0 Å². The van der Waals surface area contributed by atoms with Crippen molar-refractivity contribution in [2.24, 2.45) is 5.92 Å². The second kappa shape index (κ2) is 8.49. The summed E-state index contributed by atoms with van der Waals surface area (Å²) >= 11 is 0. The van der Waals surface area contributed by atoms with Crippen molar-refractivity contribution in [3.05, 3.63) is 47.8 Å². The molecule has 2 aromatic rings. The molecule has 1 aliphatic rings. The minimum Gasteiger partial charge on any atom is -0.356 e. The Bertz CT molecular complexity index is 723. The van der Waals surface area contributed by atoms with Crippen LogP contribution < -0.4 is 5.32 Å². The molecule has 1 fully saturated rings. The maximum absolute atomic E-state index is 11.2. The molecular weight excluding hydrogens is 324 g/mol. The van der Waals surface area contributed by atoms with E-state index in [4.69, 9.17) is 5.10 Å². The van der Waals surface area contributed by atoms with E-state index in [2.05, 4.69) is 42.4 Å². The quantitative estimate of drug-likeness (QED) is 0.865. The van der Waals surface area contributed by atoms with Crippen molar-refractivity contribution in [2.75, 3.05) is 19.6 Å². The average Bonchev–Trinajstić information content (AvgIpc) is 3.05. The van der Waals surface area contributed by atoms with Crippen molar-refractivity contribution in [3.63, 3.8) is 0 Å². The molecule has 3 rings (SSSR count). The molecular formula is C21H30N4O. The Morgan fingerprint density at radius 2 is 2.08 bits per heavy atom. The lowest BCUT2D eigenvalue weighted by molar-refractivity contribution is -0.119. The van der Waals surface area contributed by atoms with Crippen LogP contribution in [0.25, 0.3) is 5.69 Å². The highest BCUT2D eigenvalue weighted by molar-refractivity contribution is 5.72. The highest BCUT2D eigenvalue weighted by atomic mass is 16.1. The minimum absolute atomic E-state index is 0.0633. The molecule has 1 atom stereocenters. The number of amides is 1. The zero-order valence-electron chi connectivity index (χ0n) is 16.1. The van der Waals surface area contributed by atoms with Gasteiger partial charge in [-0.1, -0.05) is 32.0 Å². The van der Waals surface area contributed by atoms with Gasteiger partial charge in [0.1, 0.15) is 0 Å². The maximum atomic E-state index is 11.2. The number of nitrogens with zero attached hydrogens (tertiary/aromatic N) is 3. The summed E-state index contributed by atoms with van der Waals surface area (Å²) in [6.07, 6.45) is 4.56. The number of carbonyl (C=O) groups excluding carboxylic acids is 1. The smallest absolute Gasteiger partial charge is 0.216 e. The summed E-state index contributed by atoms with van der Waals surface area (Å²) in [5.74, 6) is 1.00. The van der Waals surface area contributed by atoms with Crippen LogP contribution in [0.2, 0.25) is 0 Å². The van der Waals surface area contributed by atoms with E-state index in [1.165, 1.54) is 24.1 Å². The predicted molar refractivity (Wildman–Crippen MR) is 104 cm³/mol. The minimum atomic E-state index is 0.0633. The van der Waals surface area contributed by atoms with Crippen LogP contribution >= 0.6 is 0 Å². The van der Waals surface area contributed by atoms with Gasteiger partial charge in [-0.25, -0.2) is 4.68 Å². The summed E-state index contributed by atoms with van der Waals surface area (Å²) in [4.78, 5) is 13.7. The molecule has 0 aliphatic carbocycles. The van der Waals surface area contributed by atoms with Crippen LogP contribution in [0, 0.1) is 5.92 Å². The van der Waals surface area contributed by atoms with Gasteiger partial charge in [-0.2, -0.15) is 5.10 Å². The third kappa shape index (κ3) is 4.73. The van der Waals surface area contributed by atoms with E-state index < -0.39 is 0 Å². The molecule has 1 amide bonds. The first kappa shape index (κ1) is 18.6. The highest BCUT2D eigenvalue weighted by Crippen LogP contribution is 2.24. The Kier molecular flexibility index (Phi) is 6.09. The molecule has 0 unspecified atom stereocenters. The third-order valence-electron chi connectivity index (χ3n) is 5.03. The molecule has 1 N–H and O–H groups in total. The molecule has 1 saturated heterocycles. The van der Waals surface area contributed by atoms with Crippen LogP contribution in [-0.4, -0.2) is 40.2 Å². The molecule has 26 heavy (non-hydrogen) atoms. The van der Waals surface area contributed by atoms with Gasteiger partial charge in [0.25, 0.3) is 0 Å². The van der Waals surface area contributed by atoms with Crippen LogP contribution in [0.4, 0.5) is 0 Å². The van der Waals surface area contributed by atoms with Gasteiger partial charge in [-0.15, -0.1) is 0 Å². The number of carbonyl (C=O) groups is 1. The molecule has 1 aliphatic heterocycles. The number of benzene rings is 1. The van der Waals surface area contributed by atoms with E-state index in [1.807, 2.05) is 22.9 Å². The van der Waals surface area contributed by atoms with Gasteiger partial charge >= 0.3 is 0 Å². The summed E-state index contributed by atoms with van der Waals surface area (Å²) in [6, 6.07) is 10.3. The van der Waals surface area contributed by atoms with E-state index in [1.54, 1.807) is 6.92 Å². The fourth-order valence-electron chi connectivity index (χ4n) is 3.73. The van der Waals surface area contributed by atoms with E-state index in [-0.39, 0.29) is 5.91 Å². The zero-order valence-corrected chi connectivity index (χ0v) is 16.1. The lowest BCUT2D eigenvalue weighted by atomic mass is 9.97. The summed E-state index contributed by atoms with van der Waals surface area (Å²) in [5.41, 5.74) is 3.59. The zero-order chi connectivity index (χ0) is 18.5. The van der Waals surface area contributed by atoms with E-state index in [0.29, 0.717) is 11.8 Å². The fourth-order valence-corrected chi connectivity index (χ4v) is 3.73. The van der Waals surface area contributed by atoms with Gasteiger partial charge in [-0.3, -0.25) is 9.69 Å². The van der Waals surface area contributed by atoms with E-state index in [9.17, 15) is 4.79 Å². The molecule has 1 aromatic carbocycles. The van der Waals surface area contributed by atoms with Gasteiger partial charge in [0, 0.05) is 38.3 Å². The Labute approximate surface area is 156 Å². The third-order valence-corrected chi connectivity index (χ3v) is 5.03. The number of hydrogen-bond acceptors (Lipinski definition) is 3. The molecule has 5 nitrogen and oxygen atoms in total.